The zero-order valence-electron chi connectivity index (χ0n) is 12.3. The van der Waals surface area contributed by atoms with E-state index >= 15 is 0 Å². The van der Waals surface area contributed by atoms with Gasteiger partial charge in [-0.3, -0.25) is 14.8 Å². The van der Waals surface area contributed by atoms with Crippen molar-refractivity contribution < 1.29 is 27.0 Å². The van der Waals surface area contributed by atoms with Crippen LogP contribution >= 0.6 is 0 Å². The van der Waals surface area contributed by atoms with Crippen molar-refractivity contribution in [2.75, 3.05) is 11.8 Å². The van der Waals surface area contributed by atoms with Crippen LogP contribution in [0.4, 0.5) is 15.8 Å². The van der Waals surface area contributed by atoms with Crippen LogP contribution in [-0.4, -0.2) is 25.6 Å². The number of ether oxygens (including phenoxy) is 1. The molecule has 1 heterocycles. The fourth-order valence-electron chi connectivity index (χ4n) is 1.85. The highest BCUT2D eigenvalue weighted by atomic mass is 32.2. The van der Waals surface area contributed by atoms with E-state index in [0.29, 0.717) is 12.1 Å². The van der Waals surface area contributed by atoms with Crippen LogP contribution in [-0.2, 0) is 10.0 Å². The molecule has 2 rings (SSSR count). The van der Waals surface area contributed by atoms with E-state index < -0.39 is 31.3 Å². The van der Waals surface area contributed by atoms with E-state index in [2.05, 4.69) is 14.6 Å². The average Bonchev–Trinajstić information content (AvgIpc) is 2.77. The van der Waals surface area contributed by atoms with Crippen LogP contribution in [0.2, 0.25) is 0 Å². The van der Waals surface area contributed by atoms with Gasteiger partial charge in [0, 0.05) is 12.1 Å². The lowest BCUT2D eigenvalue weighted by atomic mass is 10.3. The van der Waals surface area contributed by atoms with Gasteiger partial charge in [0.25, 0.3) is 10.0 Å². The molecule has 124 valence electrons. The average molecular weight is 345 g/mol. The molecule has 1 N–H and O–H groups in total. The molecule has 0 unspecified atom stereocenters. The van der Waals surface area contributed by atoms with Gasteiger partial charge in [0.15, 0.2) is 11.5 Å². The lowest BCUT2D eigenvalue weighted by Gasteiger charge is -2.10. The van der Waals surface area contributed by atoms with Crippen molar-refractivity contribution in [1.29, 1.82) is 0 Å². The predicted molar refractivity (Wildman–Crippen MR) is 76.4 cm³/mol. The normalized spacial score (nSPS) is 11.3. The van der Waals surface area contributed by atoms with Crippen LogP contribution in [0.25, 0.3) is 0 Å². The van der Waals surface area contributed by atoms with Gasteiger partial charge in [0.2, 0.25) is 0 Å². The number of hydrogen-bond donors (Lipinski definition) is 1. The number of hydrogen-bond acceptors (Lipinski definition) is 7. The van der Waals surface area contributed by atoms with E-state index in [1.807, 2.05) is 0 Å². The van der Waals surface area contributed by atoms with Crippen LogP contribution in [0.3, 0.4) is 0 Å². The van der Waals surface area contributed by atoms with Crippen LogP contribution in [0.5, 0.6) is 5.75 Å². The van der Waals surface area contributed by atoms with Gasteiger partial charge in [0.05, 0.1) is 12.0 Å². The number of aryl methyl sites for hydroxylation is 2. The monoisotopic (exact) mass is 345 g/mol. The summed E-state index contributed by atoms with van der Waals surface area (Å²) in [6.07, 6.45) is 0. The maximum absolute atomic E-state index is 14.0. The van der Waals surface area contributed by atoms with Crippen LogP contribution in [0, 0.1) is 29.8 Å². The Morgan fingerprint density at radius 2 is 2.04 bits per heavy atom. The van der Waals surface area contributed by atoms with Crippen LogP contribution in [0.15, 0.2) is 21.6 Å². The largest absolute Gasteiger partial charge is 0.490 e. The van der Waals surface area contributed by atoms with Gasteiger partial charge in [0.1, 0.15) is 22.1 Å². The lowest BCUT2D eigenvalue weighted by Crippen LogP contribution is -2.16. The standard InChI is InChI=1S/C12H12FN3O6S/c1-6-12(7(2)22-14-6)15-23(19,20)11-5-9(16(17)18)10(21-3)4-8(11)13/h4-5,15H,1-3H3. The Morgan fingerprint density at radius 1 is 1.39 bits per heavy atom. The number of benzene rings is 1. The van der Waals surface area contributed by atoms with Crippen LogP contribution in [0.1, 0.15) is 11.5 Å². The molecule has 0 atom stereocenters. The fraction of sp³-hybridized carbons (Fsp3) is 0.250. The number of methoxy groups -OCH3 is 1. The van der Waals surface area contributed by atoms with Crippen LogP contribution < -0.4 is 9.46 Å². The molecular weight excluding hydrogens is 333 g/mol. The maximum atomic E-state index is 14.0. The first kappa shape index (κ1) is 16.7. The molecule has 2 aromatic rings. The van der Waals surface area contributed by atoms with E-state index in [-0.39, 0.29) is 22.9 Å². The van der Waals surface area contributed by atoms with Gasteiger partial charge in [-0.2, -0.15) is 0 Å². The fourth-order valence-corrected chi connectivity index (χ4v) is 3.11. The molecule has 0 spiro atoms. The maximum Gasteiger partial charge on any atom is 0.312 e. The second kappa shape index (κ2) is 5.83. The van der Waals surface area contributed by atoms with Crippen molar-refractivity contribution in [3.05, 3.63) is 39.5 Å². The number of nitrogens with one attached hydrogen (secondary N) is 1. The molecule has 0 amide bonds. The van der Waals surface area contributed by atoms with Crippen molar-refractivity contribution in [1.82, 2.24) is 5.16 Å². The van der Waals surface area contributed by atoms with Crippen molar-refractivity contribution in [3.8, 4) is 5.75 Å². The smallest absolute Gasteiger partial charge is 0.312 e. The number of anilines is 1. The Hall–Kier alpha value is -2.69. The van der Waals surface area contributed by atoms with Crippen molar-refractivity contribution in [2.24, 2.45) is 0 Å². The first-order valence-corrected chi connectivity index (χ1v) is 7.63. The highest BCUT2D eigenvalue weighted by Gasteiger charge is 2.28. The third kappa shape index (κ3) is 3.08. The van der Waals surface area contributed by atoms with Gasteiger partial charge in [-0.15, -0.1) is 0 Å². The number of nitrogens with zero attached hydrogens (tertiary/aromatic N) is 2. The second-order valence-electron chi connectivity index (χ2n) is 4.52. The van der Waals surface area contributed by atoms with Crippen molar-refractivity contribution >= 4 is 21.4 Å². The summed E-state index contributed by atoms with van der Waals surface area (Å²) < 4.78 is 50.3. The number of nitro groups is 1. The Labute approximate surface area is 130 Å². The minimum absolute atomic E-state index is 0.0443. The Kier molecular flexibility index (Phi) is 4.23. The number of nitro benzene ring substituents is 1. The molecule has 9 nitrogen and oxygen atoms in total. The highest BCUT2D eigenvalue weighted by Crippen LogP contribution is 2.33. The Bertz CT molecular complexity index is 858. The van der Waals surface area contributed by atoms with Gasteiger partial charge in [-0.1, -0.05) is 5.16 Å². The predicted octanol–water partition coefficient (Wildman–Crippen LogP) is 2.15. The minimum Gasteiger partial charge on any atom is -0.490 e. The molecule has 0 fully saturated rings. The topological polar surface area (TPSA) is 125 Å². The molecule has 0 radical (unpaired) electrons. The molecular formula is C12H12FN3O6S. The summed E-state index contributed by atoms with van der Waals surface area (Å²) in [5.74, 6) is -1.40. The first-order valence-electron chi connectivity index (χ1n) is 6.15. The summed E-state index contributed by atoms with van der Waals surface area (Å²) >= 11 is 0. The van der Waals surface area contributed by atoms with Gasteiger partial charge in [-0.05, 0) is 13.8 Å². The van der Waals surface area contributed by atoms with Crippen molar-refractivity contribution in [3.63, 3.8) is 0 Å². The molecule has 0 saturated carbocycles. The number of aromatic nitrogens is 1. The number of rotatable bonds is 5. The summed E-state index contributed by atoms with van der Waals surface area (Å²) in [5, 5.41) is 14.5. The number of halogens is 1. The zero-order valence-corrected chi connectivity index (χ0v) is 13.1. The molecule has 1 aromatic heterocycles. The van der Waals surface area contributed by atoms with E-state index in [1.165, 1.54) is 13.8 Å². The molecule has 0 aliphatic carbocycles. The molecule has 1 aromatic carbocycles. The van der Waals surface area contributed by atoms with E-state index in [1.54, 1.807) is 0 Å². The number of sulfonamides is 1. The molecule has 0 aliphatic heterocycles. The summed E-state index contributed by atoms with van der Waals surface area (Å²) in [6, 6.07) is 1.23. The zero-order chi connectivity index (χ0) is 17.4. The third-order valence-corrected chi connectivity index (χ3v) is 4.35. The molecule has 0 aliphatic rings. The molecule has 11 heteroatoms. The minimum atomic E-state index is -4.42. The second-order valence-corrected chi connectivity index (χ2v) is 6.17. The highest BCUT2D eigenvalue weighted by molar-refractivity contribution is 7.92. The Morgan fingerprint density at radius 3 is 2.52 bits per heavy atom. The molecule has 23 heavy (non-hydrogen) atoms. The first-order chi connectivity index (χ1) is 10.7. The lowest BCUT2D eigenvalue weighted by molar-refractivity contribution is -0.386. The quantitative estimate of drug-likeness (QED) is 0.650. The molecule has 0 saturated heterocycles. The van der Waals surface area contributed by atoms with Gasteiger partial charge < -0.3 is 9.26 Å². The van der Waals surface area contributed by atoms with E-state index in [0.717, 1.165) is 7.11 Å². The Balaban J connectivity index is 2.56. The van der Waals surface area contributed by atoms with E-state index in [9.17, 15) is 22.9 Å². The summed E-state index contributed by atoms with van der Waals surface area (Å²) in [5.41, 5.74) is -0.384. The van der Waals surface area contributed by atoms with Gasteiger partial charge in [-0.25, -0.2) is 12.8 Å². The molecule has 0 bridgehead atoms. The van der Waals surface area contributed by atoms with Crippen molar-refractivity contribution in [2.45, 2.75) is 18.7 Å². The third-order valence-electron chi connectivity index (χ3n) is 2.99. The summed E-state index contributed by atoms with van der Waals surface area (Å²) in [4.78, 5) is 9.21. The van der Waals surface area contributed by atoms with Gasteiger partial charge >= 0.3 is 5.69 Å². The summed E-state index contributed by atoms with van der Waals surface area (Å²) in [7, 11) is -3.32. The summed E-state index contributed by atoms with van der Waals surface area (Å²) in [6.45, 7) is 2.95. The SMILES string of the molecule is COc1cc(F)c(S(=O)(=O)Nc2c(C)noc2C)cc1[N+](=O)[O-]. The van der Waals surface area contributed by atoms with E-state index in [4.69, 9.17) is 4.52 Å².